The van der Waals surface area contributed by atoms with Gasteiger partial charge in [-0.05, 0) is 43.7 Å². The van der Waals surface area contributed by atoms with E-state index >= 15 is 0 Å². The summed E-state index contributed by atoms with van der Waals surface area (Å²) in [5.41, 5.74) is 2.85. The molecule has 0 unspecified atom stereocenters. The number of aryl methyl sites for hydroxylation is 1. The molecule has 118 valence electrons. The second-order valence-corrected chi connectivity index (χ2v) is 5.49. The number of carbonyl (C=O) groups is 2. The SMILES string of the molecule is CCN1C(=O)COc2ccc(CC(=O)c3cccc(C)n3)cc21. The third kappa shape index (κ3) is 3.08. The Labute approximate surface area is 134 Å². The van der Waals surface area contributed by atoms with Gasteiger partial charge < -0.3 is 9.64 Å². The standard InChI is InChI=1S/C18H18N2O3/c1-3-20-15-9-13(7-8-17(15)23-11-18(20)22)10-16(21)14-6-4-5-12(2)19-14/h4-9H,3,10-11H2,1-2H3. The van der Waals surface area contributed by atoms with Crippen molar-refractivity contribution in [3.8, 4) is 5.75 Å². The van der Waals surface area contributed by atoms with Crippen LogP contribution in [0.15, 0.2) is 36.4 Å². The highest BCUT2D eigenvalue weighted by Crippen LogP contribution is 2.33. The number of anilines is 1. The number of aromatic nitrogens is 1. The molecular weight excluding hydrogens is 292 g/mol. The first kappa shape index (κ1) is 15.2. The summed E-state index contributed by atoms with van der Waals surface area (Å²) in [5, 5.41) is 0. The first-order chi connectivity index (χ1) is 11.1. The number of Topliss-reactive ketones (excluding diaryl/α,β-unsaturated/α-hetero) is 1. The average Bonchev–Trinajstić information content (AvgIpc) is 2.54. The molecule has 0 atom stereocenters. The molecule has 2 heterocycles. The number of hydrogen-bond acceptors (Lipinski definition) is 4. The van der Waals surface area contributed by atoms with Crippen molar-refractivity contribution < 1.29 is 14.3 Å². The van der Waals surface area contributed by atoms with Gasteiger partial charge in [0.25, 0.3) is 5.91 Å². The molecule has 0 saturated heterocycles. The summed E-state index contributed by atoms with van der Waals surface area (Å²) in [5.74, 6) is 0.569. The maximum absolute atomic E-state index is 12.4. The van der Waals surface area contributed by atoms with Crippen molar-refractivity contribution in [3.05, 3.63) is 53.3 Å². The van der Waals surface area contributed by atoms with Gasteiger partial charge in [0, 0.05) is 18.7 Å². The van der Waals surface area contributed by atoms with E-state index in [4.69, 9.17) is 4.74 Å². The molecule has 0 spiro atoms. The van der Waals surface area contributed by atoms with Gasteiger partial charge in [-0.1, -0.05) is 12.1 Å². The Morgan fingerprint density at radius 1 is 1.30 bits per heavy atom. The number of pyridine rings is 1. The number of likely N-dealkylation sites (N-methyl/N-ethyl adjacent to an activating group) is 1. The number of hydrogen-bond donors (Lipinski definition) is 0. The second-order valence-electron chi connectivity index (χ2n) is 5.49. The fraction of sp³-hybridized carbons (Fsp3) is 0.278. The van der Waals surface area contributed by atoms with E-state index in [1.54, 1.807) is 11.0 Å². The Morgan fingerprint density at radius 2 is 2.13 bits per heavy atom. The molecule has 1 aromatic carbocycles. The van der Waals surface area contributed by atoms with Crippen LogP contribution in [0.1, 0.15) is 28.7 Å². The molecule has 1 amide bonds. The van der Waals surface area contributed by atoms with E-state index in [1.165, 1.54) is 0 Å². The molecule has 0 aliphatic carbocycles. The van der Waals surface area contributed by atoms with Crippen LogP contribution >= 0.6 is 0 Å². The number of amides is 1. The van der Waals surface area contributed by atoms with Crippen molar-refractivity contribution in [1.29, 1.82) is 0 Å². The quantitative estimate of drug-likeness (QED) is 0.814. The third-order valence-corrected chi connectivity index (χ3v) is 3.82. The van der Waals surface area contributed by atoms with E-state index in [9.17, 15) is 9.59 Å². The minimum atomic E-state index is -0.0659. The highest BCUT2D eigenvalue weighted by atomic mass is 16.5. The van der Waals surface area contributed by atoms with Crippen LogP contribution in [-0.4, -0.2) is 29.8 Å². The van der Waals surface area contributed by atoms with Gasteiger partial charge in [-0.2, -0.15) is 0 Å². The average molecular weight is 310 g/mol. The largest absolute Gasteiger partial charge is 0.482 e. The van der Waals surface area contributed by atoms with E-state index in [2.05, 4.69) is 4.98 Å². The normalized spacial score (nSPS) is 13.5. The van der Waals surface area contributed by atoms with Crippen LogP contribution in [-0.2, 0) is 11.2 Å². The molecule has 5 nitrogen and oxygen atoms in total. The van der Waals surface area contributed by atoms with Crippen LogP contribution in [0.2, 0.25) is 0 Å². The molecule has 23 heavy (non-hydrogen) atoms. The molecule has 0 bridgehead atoms. The van der Waals surface area contributed by atoms with Crippen molar-refractivity contribution in [2.75, 3.05) is 18.1 Å². The highest BCUT2D eigenvalue weighted by Gasteiger charge is 2.24. The van der Waals surface area contributed by atoms with Crippen LogP contribution in [0.4, 0.5) is 5.69 Å². The summed E-state index contributed by atoms with van der Waals surface area (Å²) in [4.78, 5) is 30.2. The summed E-state index contributed by atoms with van der Waals surface area (Å²) >= 11 is 0. The van der Waals surface area contributed by atoms with Crippen LogP contribution in [0.25, 0.3) is 0 Å². The number of benzene rings is 1. The lowest BCUT2D eigenvalue weighted by Gasteiger charge is -2.28. The molecule has 3 rings (SSSR count). The summed E-state index contributed by atoms with van der Waals surface area (Å²) in [6.45, 7) is 4.41. The molecule has 1 aliphatic heterocycles. The lowest BCUT2D eigenvalue weighted by Crippen LogP contribution is -2.38. The number of nitrogens with zero attached hydrogens (tertiary/aromatic N) is 2. The van der Waals surface area contributed by atoms with Crippen LogP contribution in [0.5, 0.6) is 5.75 Å². The summed E-state index contributed by atoms with van der Waals surface area (Å²) < 4.78 is 5.44. The number of ketones is 1. The van der Waals surface area contributed by atoms with E-state index in [1.807, 2.05) is 44.2 Å². The van der Waals surface area contributed by atoms with Crippen molar-refractivity contribution in [1.82, 2.24) is 4.98 Å². The maximum atomic E-state index is 12.4. The zero-order chi connectivity index (χ0) is 16.4. The highest BCUT2D eigenvalue weighted by molar-refractivity contribution is 5.99. The summed E-state index contributed by atoms with van der Waals surface area (Å²) in [7, 11) is 0. The zero-order valence-corrected chi connectivity index (χ0v) is 13.2. The summed E-state index contributed by atoms with van der Waals surface area (Å²) in [6, 6.07) is 10.9. The van der Waals surface area contributed by atoms with E-state index in [0.717, 1.165) is 16.9 Å². The second kappa shape index (κ2) is 6.20. The number of ether oxygens (including phenoxy) is 1. The monoisotopic (exact) mass is 310 g/mol. The van der Waals surface area contributed by atoms with Gasteiger partial charge in [-0.25, -0.2) is 0 Å². The molecule has 0 radical (unpaired) electrons. The third-order valence-electron chi connectivity index (χ3n) is 3.82. The molecule has 1 aliphatic rings. The van der Waals surface area contributed by atoms with Gasteiger partial charge in [0.1, 0.15) is 11.4 Å². The van der Waals surface area contributed by atoms with Gasteiger partial charge in [0.2, 0.25) is 0 Å². The van der Waals surface area contributed by atoms with E-state index in [-0.39, 0.29) is 24.7 Å². The summed E-state index contributed by atoms with van der Waals surface area (Å²) in [6.07, 6.45) is 0.246. The minimum Gasteiger partial charge on any atom is -0.482 e. The van der Waals surface area contributed by atoms with Crippen molar-refractivity contribution >= 4 is 17.4 Å². The number of fused-ring (bicyclic) bond motifs is 1. The van der Waals surface area contributed by atoms with E-state index in [0.29, 0.717) is 18.0 Å². The Hall–Kier alpha value is -2.69. The Kier molecular flexibility index (Phi) is 4.10. The maximum Gasteiger partial charge on any atom is 0.265 e. The van der Waals surface area contributed by atoms with Crippen LogP contribution < -0.4 is 9.64 Å². The topological polar surface area (TPSA) is 59.5 Å². The number of carbonyl (C=O) groups excluding carboxylic acids is 2. The van der Waals surface area contributed by atoms with Gasteiger partial charge in [-0.3, -0.25) is 14.6 Å². The Morgan fingerprint density at radius 3 is 2.87 bits per heavy atom. The van der Waals surface area contributed by atoms with Crippen LogP contribution in [0.3, 0.4) is 0 Å². The molecule has 1 aromatic heterocycles. The van der Waals surface area contributed by atoms with Gasteiger partial charge in [-0.15, -0.1) is 0 Å². The van der Waals surface area contributed by atoms with Crippen LogP contribution in [0, 0.1) is 6.92 Å². The first-order valence-electron chi connectivity index (χ1n) is 7.61. The fourth-order valence-corrected chi connectivity index (χ4v) is 2.68. The molecule has 0 N–H and O–H groups in total. The predicted molar refractivity (Wildman–Crippen MR) is 87.0 cm³/mol. The smallest absolute Gasteiger partial charge is 0.265 e. The lowest BCUT2D eigenvalue weighted by atomic mass is 10.0. The van der Waals surface area contributed by atoms with Gasteiger partial charge in [0.15, 0.2) is 12.4 Å². The molecular formula is C18H18N2O3. The minimum absolute atomic E-state index is 0.0419. The first-order valence-corrected chi connectivity index (χ1v) is 7.61. The lowest BCUT2D eigenvalue weighted by molar-refractivity contribution is -0.121. The van der Waals surface area contributed by atoms with Crippen molar-refractivity contribution in [3.63, 3.8) is 0 Å². The molecule has 0 fully saturated rings. The number of rotatable bonds is 4. The van der Waals surface area contributed by atoms with Crippen molar-refractivity contribution in [2.24, 2.45) is 0 Å². The molecule has 5 heteroatoms. The Bertz CT molecular complexity index is 771. The van der Waals surface area contributed by atoms with Gasteiger partial charge in [0.05, 0.1) is 5.69 Å². The van der Waals surface area contributed by atoms with Crippen molar-refractivity contribution in [2.45, 2.75) is 20.3 Å². The molecule has 0 saturated carbocycles. The Balaban J connectivity index is 1.86. The zero-order valence-electron chi connectivity index (χ0n) is 13.2. The van der Waals surface area contributed by atoms with Gasteiger partial charge >= 0.3 is 0 Å². The predicted octanol–water partition coefficient (Wildman–Crippen LogP) is 2.56. The van der Waals surface area contributed by atoms with E-state index < -0.39 is 0 Å². The molecule has 2 aromatic rings. The fourth-order valence-electron chi connectivity index (χ4n) is 2.68.